The molecule has 12 heteroatoms. The Kier molecular flexibility index (Phi) is 5.96. The molecule has 1 saturated heterocycles. The molecule has 0 bridgehead atoms. The van der Waals surface area contributed by atoms with Crippen LogP contribution in [0.4, 0.5) is 24.5 Å². The van der Waals surface area contributed by atoms with Crippen LogP contribution in [0.1, 0.15) is 23.8 Å². The van der Waals surface area contributed by atoms with Gasteiger partial charge in [-0.05, 0) is 31.5 Å². The van der Waals surface area contributed by atoms with E-state index in [0.29, 0.717) is 40.9 Å². The summed E-state index contributed by atoms with van der Waals surface area (Å²) in [5.41, 5.74) is 5.27. The summed E-state index contributed by atoms with van der Waals surface area (Å²) in [6.45, 7) is 3.38. The Hall–Kier alpha value is -4.19. The second-order valence-electron chi connectivity index (χ2n) is 8.46. The van der Waals surface area contributed by atoms with Gasteiger partial charge in [0.1, 0.15) is 16.9 Å². The monoisotopic (exact) mass is 497 g/mol. The van der Waals surface area contributed by atoms with E-state index in [9.17, 15) is 18.4 Å². The molecule has 1 aliphatic heterocycles. The summed E-state index contributed by atoms with van der Waals surface area (Å²) in [7, 11) is 0. The van der Waals surface area contributed by atoms with Gasteiger partial charge in [-0.1, -0.05) is 6.07 Å². The molecule has 1 atom stereocenters. The summed E-state index contributed by atoms with van der Waals surface area (Å²) in [6.07, 6.45) is 2.25. The van der Waals surface area contributed by atoms with Crippen molar-refractivity contribution in [3.05, 3.63) is 76.1 Å². The molecule has 1 amide bonds. The van der Waals surface area contributed by atoms with E-state index in [2.05, 4.69) is 15.5 Å². The summed E-state index contributed by atoms with van der Waals surface area (Å²) in [5, 5.41) is 11.3. The standard InChI is InChI=1S/C24H22F3N7O2/c1-2-33-21-14(11-29-33)22(32-9-8-13(28)12-32)19(10-17(21)27)30-24(36)18-6-7-20(35)34(31-18)23-15(25)4-3-5-16(23)26/h3-7,10-11,13H,2,8-9,12,28H2,1H3,(H,30,36)/t13-/m1/s1. The lowest BCUT2D eigenvalue weighted by molar-refractivity contribution is 0.102. The largest absolute Gasteiger partial charge is 0.368 e. The van der Waals surface area contributed by atoms with Gasteiger partial charge in [-0.3, -0.25) is 14.3 Å². The van der Waals surface area contributed by atoms with Crippen LogP contribution in [0, 0.1) is 17.5 Å². The fraction of sp³-hybridized carbons (Fsp3) is 0.250. The van der Waals surface area contributed by atoms with E-state index in [1.165, 1.54) is 16.9 Å². The second-order valence-corrected chi connectivity index (χ2v) is 8.46. The van der Waals surface area contributed by atoms with Gasteiger partial charge in [0.05, 0.1) is 17.6 Å². The highest BCUT2D eigenvalue weighted by Gasteiger charge is 2.27. The lowest BCUT2D eigenvalue weighted by atomic mass is 10.1. The summed E-state index contributed by atoms with van der Waals surface area (Å²) >= 11 is 0. The molecule has 3 heterocycles. The minimum Gasteiger partial charge on any atom is -0.368 e. The van der Waals surface area contributed by atoms with Gasteiger partial charge in [0.15, 0.2) is 17.5 Å². The predicted molar refractivity (Wildman–Crippen MR) is 128 cm³/mol. The average molecular weight is 497 g/mol. The molecule has 2 aromatic heterocycles. The van der Waals surface area contributed by atoms with Crippen LogP contribution in [0.15, 0.2) is 47.4 Å². The van der Waals surface area contributed by atoms with Crippen molar-refractivity contribution in [3.63, 3.8) is 0 Å². The van der Waals surface area contributed by atoms with Gasteiger partial charge in [-0.25, -0.2) is 13.2 Å². The third-order valence-corrected chi connectivity index (χ3v) is 6.12. The highest BCUT2D eigenvalue weighted by Crippen LogP contribution is 2.38. The molecular formula is C24H22F3N7O2. The molecule has 1 aliphatic rings. The van der Waals surface area contributed by atoms with E-state index in [1.807, 2.05) is 11.8 Å². The minimum atomic E-state index is -1.02. The summed E-state index contributed by atoms with van der Waals surface area (Å²) in [5.74, 6) is -3.42. The Morgan fingerprint density at radius 2 is 1.89 bits per heavy atom. The average Bonchev–Trinajstić information content (AvgIpc) is 3.46. The maximum Gasteiger partial charge on any atom is 0.276 e. The summed E-state index contributed by atoms with van der Waals surface area (Å²) in [4.78, 5) is 27.4. The Morgan fingerprint density at radius 3 is 2.56 bits per heavy atom. The Morgan fingerprint density at radius 1 is 1.14 bits per heavy atom. The molecule has 186 valence electrons. The van der Waals surface area contributed by atoms with Crippen LogP contribution >= 0.6 is 0 Å². The number of carbonyl (C=O) groups excluding carboxylic acids is 1. The van der Waals surface area contributed by atoms with Crippen molar-refractivity contribution in [2.24, 2.45) is 5.73 Å². The molecule has 3 N–H and O–H groups in total. The number of rotatable bonds is 5. The number of carbonyl (C=O) groups is 1. The first-order chi connectivity index (χ1) is 17.3. The summed E-state index contributed by atoms with van der Waals surface area (Å²) < 4.78 is 45.7. The van der Waals surface area contributed by atoms with Crippen LogP contribution in [-0.2, 0) is 6.54 Å². The minimum absolute atomic E-state index is 0.0873. The molecule has 1 fully saturated rings. The normalized spacial score (nSPS) is 15.6. The van der Waals surface area contributed by atoms with Crippen LogP contribution in [0.2, 0.25) is 0 Å². The van der Waals surface area contributed by atoms with Crippen molar-refractivity contribution in [1.82, 2.24) is 19.6 Å². The smallest absolute Gasteiger partial charge is 0.276 e. The zero-order chi connectivity index (χ0) is 25.6. The van der Waals surface area contributed by atoms with Gasteiger partial charge in [0, 0.05) is 43.2 Å². The van der Waals surface area contributed by atoms with E-state index >= 15 is 4.39 Å². The molecule has 9 nitrogen and oxygen atoms in total. The number of amides is 1. The first kappa shape index (κ1) is 23.5. The fourth-order valence-electron chi connectivity index (χ4n) is 4.46. The Labute approximate surface area is 202 Å². The molecule has 0 aliphatic carbocycles. The van der Waals surface area contributed by atoms with Gasteiger partial charge in [0.25, 0.3) is 11.5 Å². The van der Waals surface area contributed by atoms with Crippen LogP contribution in [0.25, 0.3) is 16.6 Å². The number of para-hydroxylation sites is 1. The van der Waals surface area contributed by atoms with E-state index in [-0.39, 0.29) is 17.4 Å². The van der Waals surface area contributed by atoms with Crippen molar-refractivity contribution >= 4 is 28.2 Å². The highest BCUT2D eigenvalue weighted by molar-refractivity contribution is 6.09. The van der Waals surface area contributed by atoms with Crippen molar-refractivity contribution in [3.8, 4) is 5.69 Å². The van der Waals surface area contributed by atoms with Gasteiger partial charge in [-0.15, -0.1) is 0 Å². The third-order valence-electron chi connectivity index (χ3n) is 6.12. The summed E-state index contributed by atoms with van der Waals surface area (Å²) in [6, 6.07) is 6.30. The van der Waals surface area contributed by atoms with Gasteiger partial charge in [-0.2, -0.15) is 14.9 Å². The molecule has 0 saturated carbocycles. The fourth-order valence-corrected chi connectivity index (χ4v) is 4.46. The molecule has 5 rings (SSSR count). The topological polar surface area (TPSA) is 111 Å². The number of nitrogens with two attached hydrogens (primary N) is 1. The molecule has 0 radical (unpaired) electrons. The predicted octanol–water partition coefficient (Wildman–Crippen LogP) is 2.81. The number of halogens is 3. The number of hydrogen-bond donors (Lipinski definition) is 2. The van der Waals surface area contributed by atoms with E-state index < -0.39 is 34.6 Å². The van der Waals surface area contributed by atoms with Crippen molar-refractivity contribution in [2.45, 2.75) is 25.9 Å². The Balaban J connectivity index is 1.58. The SMILES string of the molecule is CCn1ncc2c(N3CC[C@@H](N)C3)c(NC(=O)c3ccc(=O)n(-c4c(F)cccc4F)n3)cc(F)c21. The maximum atomic E-state index is 15.2. The van der Waals surface area contributed by atoms with E-state index in [1.54, 1.807) is 0 Å². The number of anilines is 2. The number of aromatic nitrogens is 4. The van der Waals surface area contributed by atoms with Crippen molar-refractivity contribution in [1.29, 1.82) is 0 Å². The van der Waals surface area contributed by atoms with Gasteiger partial charge >= 0.3 is 0 Å². The Bertz CT molecular complexity index is 1530. The number of fused-ring (bicyclic) bond motifs is 1. The lowest BCUT2D eigenvalue weighted by Gasteiger charge is -2.23. The quantitative estimate of drug-likeness (QED) is 0.439. The number of benzene rings is 2. The second kappa shape index (κ2) is 9.11. The highest BCUT2D eigenvalue weighted by atomic mass is 19.1. The van der Waals surface area contributed by atoms with Crippen molar-refractivity contribution < 1.29 is 18.0 Å². The van der Waals surface area contributed by atoms with Crippen LogP contribution in [0.5, 0.6) is 0 Å². The third kappa shape index (κ3) is 3.98. The zero-order valence-electron chi connectivity index (χ0n) is 19.2. The number of nitrogens with zero attached hydrogens (tertiary/aromatic N) is 5. The molecule has 4 aromatic rings. The zero-order valence-corrected chi connectivity index (χ0v) is 19.2. The van der Waals surface area contributed by atoms with Crippen LogP contribution < -0.4 is 21.5 Å². The number of aryl methyl sites for hydroxylation is 1. The lowest BCUT2D eigenvalue weighted by Crippen LogP contribution is -2.28. The van der Waals surface area contributed by atoms with E-state index in [4.69, 9.17) is 5.73 Å². The maximum absolute atomic E-state index is 15.2. The van der Waals surface area contributed by atoms with Crippen LogP contribution in [-0.4, -0.2) is 44.6 Å². The molecule has 2 aromatic carbocycles. The first-order valence-electron chi connectivity index (χ1n) is 11.3. The molecule has 0 unspecified atom stereocenters. The van der Waals surface area contributed by atoms with E-state index in [0.717, 1.165) is 36.8 Å². The molecule has 0 spiro atoms. The van der Waals surface area contributed by atoms with Crippen molar-refractivity contribution in [2.75, 3.05) is 23.3 Å². The molecular weight excluding hydrogens is 475 g/mol. The van der Waals surface area contributed by atoms with Crippen LogP contribution in [0.3, 0.4) is 0 Å². The molecule has 36 heavy (non-hydrogen) atoms. The first-order valence-corrected chi connectivity index (χ1v) is 11.3. The van der Waals surface area contributed by atoms with Gasteiger partial charge in [0.2, 0.25) is 0 Å². The van der Waals surface area contributed by atoms with Gasteiger partial charge < -0.3 is 16.0 Å². The number of hydrogen-bond acceptors (Lipinski definition) is 6. The number of nitrogens with one attached hydrogen (secondary N) is 1.